The fourth-order valence-corrected chi connectivity index (χ4v) is 5.34. The third-order valence-electron chi connectivity index (χ3n) is 8.47. The number of alkyl halides is 1. The minimum Gasteiger partial charge on any atom is -0.493 e. The third-order valence-corrected chi connectivity index (χ3v) is 8.47. The van der Waals surface area contributed by atoms with E-state index in [1.54, 1.807) is 18.2 Å². The number of Topliss-reactive ketones (excluding diaryl/α,β-unsaturated/α-hetero) is 2. The number of unbranched alkanes of at least 4 members (excludes halogenated alkanes) is 2. The molecule has 2 amide bonds. The van der Waals surface area contributed by atoms with Crippen LogP contribution in [-0.4, -0.2) is 80.0 Å². The van der Waals surface area contributed by atoms with Crippen molar-refractivity contribution >= 4 is 23.4 Å². The van der Waals surface area contributed by atoms with Gasteiger partial charge in [0.15, 0.2) is 46.3 Å². The van der Waals surface area contributed by atoms with E-state index in [0.29, 0.717) is 44.5 Å². The number of ketones is 2. The lowest BCUT2D eigenvalue weighted by molar-refractivity contribution is -0.123. The van der Waals surface area contributed by atoms with E-state index < -0.39 is 96.1 Å². The number of pyridine rings is 1. The Hall–Kier alpha value is -6.01. The SMILES string of the molecule is NCCCCC(NC(=O)c1cccc(OCCCF)c1)C(=O)COc1c(F)cccc1F.NCCCCC(NC(=O)c1ccnc(F)c1)C(=O)COc1c(F)cccc1F. The monoisotopic (exact) mass is 847 g/mol. The number of hydrogen-bond donors (Lipinski definition) is 4. The molecule has 4 aromatic rings. The topological polar surface area (TPSA) is 185 Å². The maximum atomic E-state index is 13.7. The Kier molecular flexibility index (Phi) is 21.1. The predicted molar refractivity (Wildman–Crippen MR) is 209 cm³/mol. The third kappa shape index (κ3) is 16.3. The lowest BCUT2D eigenvalue weighted by Gasteiger charge is -2.18. The molecule has 0 saturated carbocycles. The number of amides is 2. The van der Waals surface area contributed by atoms with Gasteiger partial charge in [0.05, 0.1) is 25.4 Å². The van der Waals surface area contributed by atoms with E-state index in [-0.39, 0.29) is 37.0 Å². The quantitative estimate of drug-likeness (QED) is 0.0373. The van der Waals surface area contributed by atoms with Crippen LogP contribution in [0.2, 0.25) is 0 Å². The Morgan fingerprint density at radius 3 is 1.52 bits per heavy atom. The number of ether oxygens (including phenoxy) is 3. The van der Waals surface area contributed by atoms with Crippen LogP contribution in [0.5, 0.6) is 17.2 Å². The average molecular weight is 848 g/mol. The van der Waals surface area contributed by atoms with Crippen molar-refractivity contribution in [1.82, 2.24) is 15.6 Å². The molecule has 18 heteroatoms. The summed E-state index contributed by atoms with van der Waals surface area (Å²) in [5, 5.41) is 5.13. The van der Waals surface area contributed by atoms with Crippen LogP contribution in [0, 0.1) is 29.2 Å². The van der Waals surface area contributed by atoms with Crippen LogP contribution in [0.25, 0.3) is 0 Å². The van der Waals surface area contributed by atoms with Crippen molar-refractivity contribution in [2.45, 2.75) is 57.0 Å². The molecule has 60 heavy (non-hydrogen) atoms. The van der Waals surface area contributed by atoms with Crippen molar-refractivity contribution in [2.24, 2.45) is 11.5 Å². The van der Waals surface area contributed by atoms with Gasteiger partial charge in [-0.2, -0.15) is 4.39 Å². The second-order valence-corrected chi connectivity index (χ2v) is 13.0. The number of benzene rings is 3. The van der Waals surface area contributed by atoms with Crippen LogP contribution >= 0.6 is 0 Å². The summed E-state index contributed by atoms with van der Waals surface area (Å²) < 4.78 is 95.6. The molecule has 4 rings (SSSR count). The second-order valence-electron chi connectivity index (χ2n) is 13.0. The molecule has 2 unspecified atom stereocenters. The molecule has 0 spiro atoms. The zero-order valence-electron chi connectivity index (χ0n) is 32.6. The minimum atomic E-state index is -0.981. The Morgan fingerprint density at radius 1 is 0.600 bits per heavy atom. The van der Waals surface area contributed by atoms with Crippen molar-refractivity contribution in [2.75, 3.05) is 39.6 Å². The molecule has 6 N–H and O–H groups in total. The molecule has 0 radical (unpaired) electrons. The van der Waals surface area contributed by atoms with Gasteiger partial charge in [0.1, 0.15) is 19.0 Å². The number of hydrogen-bond acceptors (Lipinski definition) is 10. The van der Waals surface area contributed by atoms with Crippen molar-refractivity contribution in [1.29, 1.82) is 0 Å². The van der Waals surface area contributed by atoms with Crippen LogP contribution < -0.4 is 36.3 Å². The van der Waals surface area contributed by atoms with Crippen molar-refractivity contribution in [3.63, 3.8) is 0 Å². The van der Waals surface area contributed by atoms with E-state index in [4.69, 9.17) is 25.7 Å². The average Bonchev–Trinajstić information content (AvgIpc) is 3.23. The number of nitrogens with one attached hydrogen (secondary N) is 2. The number of nitrogens with zero attached hydrogens (tertiary/aromatic N) is 1. The largest absolute Gasteiger partial charge is 0.493 e. The minimum absolute atomic E-state index is 0.00908. The number of carbonyl (C=O) groups is 4. The lowest BCUT2D eigenvalue weighted by atomic mass is 10.0. The zero-order valence-corrected chi connectivity index (χ0v) is 32.6. The second kappa shape index (κ2) is 26.2. The van der Waals surface area contributed by atoms with Gasteiger partial charge >= 0.3 is 0 Å². The Morgan fingerprint density at radius 2 is 1.07 bits per heavy atom. The summed E-state index contributed by atoms with van der Waals surface area (Å²) in [6.45, 7) is -0.767. The Labute approximate surface area is 343 Å². The fraction of sp³-hybridized carbons (Fsp3) is 0.357. The Bertz CT molecular complexity index is 1970. The smallest absolute Gasteiger partial charge is 0.252 e. The summed E-state index contributed by atoms with van der Waals surface area (Å²) in [5.41, 5.74) is 11.2. The van der Waals surface area contributed by atoms with Crippen LogP contribution in [0.4, 0.5) is 26.3 Å². The number of aromatic nitrogens is 1. The molecule has 0 aliphatic rings. The van der Waals surface area contributed by atoms with Gasteiger partial charge in [0.2, 0.25) is 5.95 Å². The molecule has 0 bridgehead atoms. The van der Waals surface area contributed by atoms with Gasteiger partial charge in [-0.15, -0.1) is 0 Å². The molecule has 3 aromatic carbocycles. The highest BCUT2D eigenvalue weighted by atomic mass is 19.2. The highest BCUT2D eigenvalue weighted by molar-refractivity contribution is 5.99. The summed E-state index contributed by atoms with van der Waals surface area (Å²) in [6, 6.07) is 13.0. The molecular weight excluding hydrogens is 800 g/mol. The first-order valence-corrected chi connectivity index (χ1v) is 19.0. The van der Waals surface area contributed by atoms with Gasteiger partial charge in [-0.3, -0.25) is 23.6 Å². The summed E-state index contributed by atoms with van der Waals surface area (Å²) >= 11 is 0. The summed E-state index contributed by atoms with van der Waals surface area (Å²) in [6.07, 6.45) is 4.25. The number of carbonyl (C=O) groups excluding carboxylic acids is 4. The molecule has 12 nitrogen and oxygen atoms in total. The predicted octanol–water partition coefficient (Wildman–Crippen LogP) is 5.95. The molecular formula is C42H47F6N5O7. The first-order chi connectivity index (χ1) is 28.9. The summed E-state index contributed by atoms with van der Waals surface area (Å²) in [4.78, 5) is 53.5. The van der Waals surface area contributed by atoms with Crippen LogP contribution in [-0.2, 0) is 9.59 Å². The van der Waals surface area contributed by atoms with E-state index in [1.807, 2.05) is 0 Å². The zero-order chi connectivity index (χ0) is 43.9. The first kappa shape index (κ1) is 48.4. The van der Waals surface area contributed by atoms with E-state index >= 15 is 0 Å². The maximum Gasteiger partial charge on any atom is 0.252 e. The molecule has 1 heterocycles. The van der Waals surface area contributed by atoms with Crippen molar-refractivity contribution in [3.8, 4) is 17.2 Å². The van der Waals surface area contributed by atoms with Gasteiger partial charge in [-0.05, 0) is 100 Å². The van der Waals surface area contributed by atoms with E-state index in [1.165, 1.54) is 24.3 Å². The molecule has 324 valence electrons. The molecule has 0 fully saturated rings. The summed E-state index contributed by atoms with van der Waals surface area (Å²) in [5.74, 6) is -7.80. The number of rotatable bonds is 24. The van der Waals surface area contributed by atoms with Crippen molar-refractivity contribution < 1.29 is 59.7 Å². The number of halogens is 6. The summed E-state index contributed by atoms with van der Waals surface area (Å²) in [7, 11) is 0. The maximum absolute atomic E-state index is 13.7. The first-order valence-electron chi connectivity index (χ1n) is 19.0. The van der Waals surface area contributed by atoms with Crippen LogP contribution in [0.15, 0.2) is 79.0 Å². The molecule has 0 aliphatic heterocycles. The number of para-hydroxylation sites is 2. The molecule has 2 atom stereocenters. The lowest BCUT2D eigenvalue weighted by Crippen LogP contribution is -2.43. The molecule has 0 aliphatic carbocycles. The number of nitrogens with two attached hydrogens (primary N) is 2. The normalized spacial score (nSPS) is 11.7. The molecule has 1 aromatic heterocycles. The van der Waals surface area contributed by atoms with Gasteiger partial charge in [0.25, 0.3) is 11.8 Å². The van der Waals surface area contributed by atoms with E-state index in [9.17, 15) is 45.5 Å². The standard InChI is InChI=1S/C23H27F3N2O4.C19H20F3N3O3/c24-11-5-13-31-17-7-3-6-16(14-17)23(30)28-20(10-1-2-12-27)21(29)15-32-22-18(25)8-4-9-19(22)26;20-13-4-3-5-14(21)18(13)28-11-16(26)15(6-1-2-8-23)25-19(27)12-7-9-24-17(22)10-12/h3-4,6-9,14,20H,1-2,5,10-13,15,27H2,(H,28,30);3-5,7,9-10,15H,1-2,6,8,11,23H2,(H,25,27). The van der Waals surface area contributed by atoms with Crippen molar-refractivity contribution in [3.05, 3.63) is 119 Å². The van der Waals surface area contributed by atoms with Gasteiger partial charge in [-0.1, -0.05) is 18.2 Å². The Balaban J connectivity index is 0.000000323. The molecule has 0 saturated heterocycles. The van der Waals surface area contributed by atoms with Crippen LogP contribution in [0.1, 0.15) is 65.7 Å². The highest BCUT2D eigenvalue weighted by Crippen LogP contribution is 2.22. The fourth-order valence-electron chi connectivity index (χ4n) is 5.34. The van der Waals surface area contributed by atoms with Gasteiger partial charge in [0, 0.05) is 29.8 Å². The van der Waals surface area contributed by atoms with E-state index in [0.717, 1.165) is 36.5 Å². The highest BCUT2D eigenvalue weighted by Gasteiger charge is 2.25. The van der Waals surface area contributed by atoms with E-state index in [2.05, 4.69) is 15.6 Å². The van der Waals surface area contributed by atoms with Crippen LogP contribution in [0.3, 0.4) is 0 Å². The van der Waals surface area contributed by atoms with Gasteiger partial charge < -0.3 is 36.3 Å². The van der Waals surface area contributed by atoms with Gasteiger partial charge in [-0.25, -0.2) is 22.5 Å².